The number of benzene rings is 1. The van der Waals surface area contributed by atoms with Crippen LogP contribution in [-0.2, 0) is 0 Å². The Labute approximate surface area is 95.9 Å². The summed E-state index contributed by atoms with van der Waals surface area (Å²) in [5, 5.41) is 16.6. The average Bonchev–Trinajstić information content (AvgIpc) is 2.23. The number of rotatable bonds is 2. The summed E-state index contributed by atoms with van der Waals surface area (Å²) in [4.78, 5) is 0. The van der Waals surface area contributed by atoms with Gasteiger partial charge >= 0.3 is 0 Å². The predicted octanol–water partition coefficient (Wildman–Crippen LogP) is 2.39. The Morgan fingerprint density at radius 3 is 2.88 bits per heavy atom. The lowest BCUT2D eigenvalue weighted by atomic mass is 9.89. The van der Waals surface area contributed by atoms with E-state index >= 15 is 0 Å². The molecule has 3 nitrogen and oxygen atoms in total. The lowest BCUT2D eigenvalue weighted by Crippen LogP contribution is -2.40. The summed E-state index contributed by atoms with van der Waals surface area (Å²) >= 11 is 0. The third-order valence-corrected chi connectivity index (χ3v) is 3.70. The van der Waals surface area contributed by atoms with Crippen molar-refractivity contribution < 1.29 is 5.11 Å². The lowest BCUT2D eigenvalue weighted by molar-refractivity contribution is 0.298. The van der Waals surface area contributed by atoms with E-state index in [2.05, 4.69) is 10.6 Å². The van der Waals surface area contributed by atoms with E-state index < -0.39 is 0 Å². The molecule has 1 heterocycles. The van der Waals surface area contributed by atoms with Crippen LogP contribution >= 0.6 is 0 Å². The highest BCUT2D eigenvalue weighted by Crippen LogP contribution is 2.34. The molecule has 86 valence electrons. The van der Waals surface area contributed by atoms with Gasteiger partial charge in [-0.3, -0.25) is 0 Å². The Balaban J connectivity index is 1.83. The van der Waals surface area contributed by atoms with Gasteiger partial charge in [0.15, 0.2) is 0 Å². The summed E-state index contributed by atoms with van der Waals surface area (Å²) in [5.41, 5.74) is 2.39. The van der Waals surface area contributed by atoms with Gasteiger partial charge in [0.25, 0.3) is 0 Å². The quantitative estimate of drug-likeness (QED) is 0.668. The fourth-order valence-electron chi connectivity index (χ4n) is 2.54. The van der Waals surface area contributed by atoms with E-state index in [0.29, 0.717) is 17.8 Å². The number of fused-ring (bicyclic) bond motifs is 1. The minimum Gasteiger partial charge on any atom is -0.508 e. The molecule has 1 aliphatic heterocycles. The number of hydrogen-bond acceptors (Lipinski definition) is 3. The van der Waals surface area contributed by atoms with Crippen molar-refractivity contribution in [3.63, 3.8) is 0 Å². The van der Waals surface area contributed by atoms with Crippen LogP contribution in [0.2, 0.25) is 0 Å². The highest BCUT2D eigenvalue weighted by atomic mass is 16.3. The normalized spacial score (nSPS) is 24.4. The Kier molecular flexibility index (Phi) is 2.48. The summed E-state index contributed by atoms with van der Waals surface area (Å²) in [6.07, 6.45) is 5.07. The summed E-state index contributed by atoms with van der Waals surface area (Å²) < 4.78 is 0. The molecule has 1 atom stereocenters. The predicted molar refractivity (Wildman–Crippen MR) is 64.7 cm³/mol. The zero-order valence-electron chi connectivity index (χ0n) is 9.37. The van der Waals surface area contributed by atoms with Crippen LogP contribution in [0.5, 0.6) is 5.75 Å². The van der Waals surface area contributed by atoms with Crippen LogP contribution in [0.3, 0.4) is 0 Å². The molecular formula is C13H18N2O. The summed E-state index contributed by atoms with van der Waals surface area (Å²) in [7, 11) is 0. The molecule has 1 fully saturated rings. The Morgan fingerprint density at radius 2 is 2.12 bits per heavy atom. The number of hydrogen-bond donors (Lipinski definition) is 3. The molecule has 3 rings (SSSR count). The van der Waals surface area contributed by atoms with Gasteiger partial charge in [-0.15, -0.1) is 0 Å². The van der Waals surface area contributed by atoms with Crippen LogP contribution in [-0.4, -0.2) is 17.7 Å². The van der Waals surface area contributed by atoms with Crippen LogP contribution in [0.4, 0.5) is 5.69 Å². The summed E-state index contributed by atoms with van der Waals surface area (Å²) in [6, 6.07) is 6.71. The molecule has 0 bridgehead atoms. The van der Waals surface area contributed by atoms with Gasteiger partial charge in [-0.1, -0.05) is 6.42 Å². The van der Waals surface area contributed by atoms with Gasteiger partial charge in [-0.2, -0.15) is 0 Å². The number of phenols is 1. The minimum atomic E-state index is 0.364. The van der Waals surface area contributed by atoms with E-state index in [1.807, 2.05) is 12.1 Å². The molecule has 1 aromatic rings. The second-order valence-corrected chi connectivity index (χ2v) is 4.83. The first-order valence-electron chi connectivity index (χ1n) is 6.16. The molecule has 2 aliphatic rings. The molecule has 0 amide bonds. The highest BCUT2D eigenvalue weighted by Gasteiger charge is 2.25. The van der Waals surface area contributed by atoms with Gasteiger partial charge in [0.2, 0.25) is 0 Å². The first kappa shape index (κ1) is 9.97. The largest absolute Gasteiger partial charge is 0.508 e. The van der Waals surface area contributed by atoms with Crippen LogP contribution in [0.25, 0.3) is 0 Å². The fraction of sp³-hybridized carbons (Fsp3) is 0.538. The zero-order valence-corrected chi connectivity index (χ0v) is 9.37. The van der Waals surface area contributed by atoms with Crippen LogP contribution in [0.1, 0.15) is 37.3 Å². The molecule has 16 heavy (non-hydrogen) atoms. The van der Waals surface area contributed by atoms with E-state index in [-0.39, 0.29) is 0 Å². The Morgan fingerprint density at radius 1 is 1.25 bits per heavy atom. The third-order valence-electron chi connectivity index (χ3n) is 3.70. The van der Waals surface area contributed by atoms with Gasteiger partial charge in [0, 0.05) is 24.3 Å². The molecule has 0 spiro atoms. The molecule has 1 unspecified atom stereocenters. The minimum absolute atomic E-state index is 0.364. The number of nitrogens with one attached hydrogen (secondary N) is 2. The first-order valence-corrected chi connectivity index (χ1v) is 6.16. The molecule has 0 radical (unpaired) electrons. The number of phenolic OH excluding ortho intramolecular Hbond substituents is 1. The monoisotopic (exact) mass is 218 g/mol. The topological polar surface area (TPSA) is 44.3 Å². The summed E-state index contributed by atoms with van der Waals surface area (Å²) in [5.74, 6) is 0.364. The second-order valence-electron chi connectivity index (χ2n) is 4.83. The van der Waals surface area contributed by atoms with Crippen molar-refractivity contribution in [1.82, 2.24) is 5.32 Å². The molecule has 3 heteroatoms. The van der Waals surface area contributed by atoms with Gasteiger partial charge < -0.3 is 15.7 Å². The van der Waals surface area contributed by atoms with Gasteiger partial charge in [-0.25, -0.2) is 0 Å². The SMILES string of the molecule is Oc1ccc2c(c1)C(NC1CCC1)CCN2. The maximum atomic E-state index is 9.56. The van der Waals surface area contributed by atoms with Crippen molar-refractivity contribution >= 4 is 5.69 Å². The van der Waals surface area contributed by atoms with Crippen LogP contribution in [0, 0.1) is 0 Å². The molecule has 1 aromatic carbocycles. The van der Waals surface area contributed by atoms with Gasteiger partial charge in [0.1, 0.15) is 5.75 Å². The van der Waals surface area contributed by atoms with Crippen molar-refractivity contribution in [2.45, 2.75) is 37.8 Å². The van der Waals surface area contributed by atoms with Crippen molar-refractivity contribution in [2.75, 3.05) is 11.9 Å². The first-order chi connectivity index (χ1) is 7.83. The van der Waals surface area contributed by atoms with E-state index in [0.717, 1.165) is 13.0 Å². The summed E-state index contributed by atoms with van der Waals surface area (Å²) in [6.45, 7) is 1.02. The van der Waals surface area contributed by atoms with E-state index in [9.17, 15) is 5.11 Å². The van der Waals surface area contributed by atoms with Crippen molar-refractivity contribution in [3.05, 3.63) is 23.8 Å². The molecule has 3 N–H and O–H groups in total. The smallest absolute Gasteiger partial charge is 0.116 e. The molecular weight excluding hydrogens is 200 g/mol. The molecule has 1 aliphatic carbocycles. The van der Waals surface area contributed by atoms with E-state index in [4.69, 9.17) is 0 Å². The van der Waals surface area contributed by atoms with Gasteiger partial charge in [-0.05, 0) is 43.0 Å². The van der Waals surface area contributed by atoms with E-state index in [1.165, 1.54) is 30.5 Å². The van der Waals surface area contributed by atoms with Gasteiger partial charge in [0.05, 0.1) is 0 Å². The molecule has 0 saturated heterocycles. The Hall–Kier alpha value is -1.22. The zero-order chi connectivity index (χ0) is 11.0. The standard InChI is InChI=1S/C13H18N2O/c16-10-4-5-12-11(8-10)13(6-7-14-12)15-9-2-1-3-9/h4-5,8-9,13-16H,1-3,6-7H2. The Bertz CT molecular complexity index is 388. The van der Waals surface area contributed by atoms with Crippen molar-refractivity contribution in [1.29, 1.82) is 0 Å². The van der Waals surface area contributed by atoms with Crippen LogP contribution < -0.4 is 10.6 Å². The second kappa shape index (κ2) is 3.98. The lowest BCUT2D eigenvalue weighted by Gasteiger charge is -2.35. The molecule has 1 saturated carbocycles. The number of aromatic hydroxyl groups is 1. The van der Waals surface area contributed by atoms with Crippen LogP contribution in [0.15, 0.2) is 18.2 Å². The highest BCUT2D eigenvalue weighted by molar-refractivity contribution is 5.57. The van der Waals surface area contributed by atoms with Crippen molar-refractivity contribution in [2.24, 2.45) is 0 Å². The third kappa shape index (κ3) is 1.76. The molecule has 0 aromatic heterocycles. The maximum Gasteiger partial charge on any atom is 0.116 e. The average molecular weight is 218 g/mol. The van der Waals surface area contributed by atoms with Crippen molar-refractivity contribution in [3.8, 4) is 5.75 Å². The maximum absolute atomic E-state index is 9.56. The fourth-order valence-corrected chi connectivity index (χ4v) is 2.54. The van der Waals surface area contributed by atoms with E-state index in [1.54, 1.807) is 6.07 Å². The number of anilines is 1.